The lowest BCUT2D eigenvalue weighted by Gasteiger charge is -2.21. The first-order chi connectivity index (χ1) is 18.2. The number of thiophene rings is 1. The number of H-pyrrole nitrogens is 2. The summed E-state index contributed by atoms with van der Waals surface area (Å²) in [5, 5.41) is 9.97. The van der Waals surface area contributed by atoms with Crippen LogP contribution in [0.5, 0.6) is 0 Å². The molecule has 5 aromatic heterocycles. The number of fused-ring (bicyclic) bond motifs is 2. The summed E-state index contributed by atoms with van der Waals surface area (Å²) in [6.45, 7) is 2.15. The molecule has 0 amide bonds. The maximum Gasteiger partial charge on any atom is 0.181 e. The van der Waals surface area contributed by atoms with Crippen molar-refractivity contribution >= 4 is 33.3 Å². The topological polar surface area (TPSA) is 70.2 Å². The van der Waals surface area contributed by atoms with Gasteiger partial charge in [-0.1, -0.05) is 44.2 Å². The fourth-order valence-electron chi connectivity index (χ4n) is 5.83. The summed E-state index contributed by atoms with van der Waals surface area (Å²) in [6, 6.07) is 17.6. The number of aryl methyl sites for hydroxylation is 1. The first kappa shape index (κ1) is 22.4. The first-order valence-electron chi connectivity index (χ1n) is 13.2. The van der Waals surface area contributed by atoms with Crippen LogP contribution in [0.4, 0.5) is 0 Å². The van der Waals surface area contributed by atoms with Crippen LogP contribution in [0.1, 0.15) is 42.5 Å². The Morgan fingerprint density at radius 1 is 0.919 bits per heavy atom. The summed E-state index contributed by atoms with van der Waals surface area (Å²) in [5.41, 5.74) is 8.57. The van der Waals surface area contributed by atoms with Crippen molar-refractivity contribution in [1.29, 1.82) is 0 Å². The van der Waals surface area contributed by atoms with Gasteiger partial charge in [-0.25, -0.2) is 4.98 Å². The second kappa shape index (κ2) is 9.27. The Morgan fingerprint density at radius 3 is 2.68 bits per heavy atom. The molecule has 7 rings (SSSR count). The van der Waals surface area contributed by atoms with Gasteiger partial charge in [-0.05, 0) is 61.2 Å². The van der Waals surface area contributed by atoms with Crippen LogP contribution < -0.4 is 0 Å². The van der Waals surface area contributed by atoms with Gasteiger partial charge in [0, 0.05) is 61.3 Å². The van der Waals surface area contributed by atoms with Gasteiger partial charge in [0.2, 0.25) is 0 Å². The molecule has 5 heterocycles. The van der Waals surface area contributed by atoms with Crippen LogP contribution in [0.2, 0.25) is 0 Å². The number of hydrogen-bond acceptors (Lipinski definition) is 4. The van der Waals surface area contributed by atoms with Crippen molar-refractivity contribution in [2.75, 3.05) is 0 Å². The van der Waals surface area contributed by atoms with E-state index in [1.54, 1.807) is 0 Å². The number of pyridine rings is 2. The van der Waals surface area contributed by atoms with E-state index in [2.05, 4.69) is 80.6 Å². The second-order valence-corrected chi connectivity index (χ2v) is 11.6. The van der Waals surface area contributed by atoms with Crippen molar-refractivity contribution in [3.8, 4) is 33.0 Å². The lowest BCUT2D eigenvalue weighted by atomic mass is 9.85. The molecule has 6 aromatic rings. The molecular weight excluding hydrogens is 474 g/mol. The predicted octanol–water partition coefficient (Wildman–Crippen LogP) is 8.33. The highest BCUT2D eigenvalue weighted by Gasteiger charge is 2.17. The zero-order valence-corrected chi connectivity index (χ0v) is 21.7. The van der Waals surface area contributed by atoms with Crippen molar-refractivity contribution in [1.82, 2.24) is 25.1 Å². The summed E-state index contributed by atoms with van der Waals surface area (Å²) >= 11 is 1.83. The first-order valence-corrected chi connectivity index (χ1v) is 14.0. The van der Waals surface area contributed by atoms with Gasteiger partial charge in [-0.2, -0.15) is 5.10 Å². The Hall–Kier alpha value is -3.77. The third-order valence-corrected chi connectivity index (χ3v) is 8.76. The normalized spacial score (nSPS) is 14.6. The second-order valence-electron chi connectivity index (χ2n) is 10.3. The molecule has 0 unspecified atom stereocenters. The van der Waals surface area contributed by atoms with E-state index in [-0.39, 0.29) is 0 Å². The van der Waals surface area contributed by atoms with Crippen LogP contribution in [0, 0.1) is 12.8 Å². The van der Waals surface area contributed by atoms with Crippen LogP contribution in [0.25, 0.3) is 54.9 Å². The molecule has 0 radical (unpaired) electrons. The fraction of sp³-hybridized carbons (Fsp3) is 0.258. The van der Waals surface area contributed by atoms with E-state index in [9.17, 15) is 0 Å². The third kappa shape index (κ3) is 4.25. The van der Waals surface area contributed by atoms with Crippen molar-refractivity contribution in [2.24, 2.45) is 5.92 Å². The van der Waals surface area contributed by atoms with E-state index >= 15 is 0 Å². The Balaban J connectivity index is 1.26. The van der Waals surface area contributed by atoms with Gasteiger partial charge < -0.3 is 4.98 Å². The number of rotatable bonds is 5. The predicted molar refractivity (Wildman–Crippen MR) is 153 cm³/mol. The fourth-order valence-corrected chi connectivity index (χ4v) is 6.74. The van der Waals surface area contributed by atoms with Crippen LogP contribution in [-0.4, -0.2) is 25.1 Å². The van der Waals surface area contributed by atoms with Gasteiger partial charge >= 0.3 is 0 Å². The molecule has 1 fully saturated rings. The zero-order valence-electron chi connectivity index (χ0n) is 20.9. The highest BCUT2D eigenvalue weighted by Crippen LogP contribution is 2.37. The average Bonchev–Trinajstić information content (AvgIpc) is 3.66. The number of hydrogen-bond donors (Lipinski definition) is 2. The molecule has 184 valence electrons. The highest BCUT2D eigenvalue weighted by molar-refractivity contribution is 7.15. The van der Waals surface area contributed by atoms with Gasteiger partial charge in [-0.15, -0.1) is 11.3 Å². The molecule has 2 N–H and O–H groups in total. The summed E-state index contributed by atoms with van der Waals surface area (Å²) < 4.78 is 0. The smallest absolute Gasteiger partial charge is 0.181 e. The standard InChI is InChI=1S/C31H29N5S/c1-19-10-11-29(37-19)24-8-5-9-27-25(24)15-28(34-27)30-26-14-23(18-33-31(26)36-35-30)22-13-21(16-32-17-22)12-20-6-3-2-4-7-20/h5,8-11,13-18,20,34H,2-4,6-7,12H2,1H3,(H,33,35,36). The molecule has 1 aromatic carbocycles. The zero-order chi connectivity index (χ0) is 24.8. The Labute approximate surface area is 220 Å². The molecule has 0 saturated heterocycles. The van der Waals surface area contributed by atoms with Gasteiger partial charge in [0.05, 0.1) is 11.4 Å². The minimum Gasteiger partial charge on any atom is -0.353 e. The maximum atomic E-state index is 4.69. The summed E-state index contributed by atoms with van der Waals surface area (Å²) in [6.07, 6.45) is 13.8. The van der Waals surface area contributed by atoms with E-state index in [0.717, 1.165) is 51.4 Å². The molecule has 1 saturated carbocycles. The lowest BCUT2D eigenvalue weighted by molar-refractivity contribution is 0.356. The van der Waals surface area contributed by atoms with Crippen LogP contribution in [-0.2, 0) is 6.42 Å². The largest absolute Gasteiger partial charge is 0.353 e. The number of nitrogens with one attached hydrogen (secondary N) is 2. The van der Waals surface area contributed by atoms with Crippen molar-refractivity contribution in [3.05, 3.63) is 77.6 Å². The SMILES string of the molecule is Cc1ccc(-c2cccc3[nH]c(-c4[nH]nc5ncc(-c6cncc(CC7CCCCC7)c6)cc45)cc23)s1. The quantitative estimate of drug-likeness (QED) is 0.248. The van der Waals surface area contributed by atoms with Crippen molar-refractivity contribution in [2.45, 2.75) is 45.4 Å². The molecule has 1 aliphatic rings. The Morgan fingerprint density at radius 2 is 1.81 bits per heavy atom. The highest BCUT2D eigenvalue weighted by atomic mass is 32.1. The molecule has 0 spiro atoms. The van der Waals surface area contributed by atoms with Crippen LogP contribution >= 0.6 is 11.3 Å². The minimum atomic E-state index is 0.720. The van der Waals surface area contributed by atoms with Gasteiger partial charge in [0.25, 0.3) is 0 Å². The monoisotopic (exact) mass is 503 g/mol. The van der Waals surface area contributed by atoms with E-state index < -0.39 is 0 Å². The number of aromatic nitrogens is 5. The molecule has 5 nitrogen and oxygen atoms in total. The summed E-state index contributed by atoms with van der Waals surface area (Å²) in [7, 11) is 0. The molecule has 1 aliphatic carbocycles. The molecule has 0 aliphatic heterocycles. The summed E-state index contributed by atoms with van der Waals surface area (Å²) in [4.78, 5) is 15.5. The molecule has 0 bridgehead atoms. The molecule has 6 heteroatoms. The van der Waals surface area contributed by atoms with Crippen LogP contribution in [0.3, 0.4) is 0 Å². The summed E-state index contributed by atoms with van der Waals surface area (Å²) in [5.74, 6) is 0.789. The van der Waals surface area contributed by atoms with Crippen LogP contribution in [0.15, 0.2) is 67.1 Å². The molecular formula is C31H29N5S. The van der Waals surface area contributed by atoms with Gasteiger partial charge in [0.15, 0.2) is 5.65 Å². The molecule has 0 atom stereocenters. The van der Waals surface area contributed by atoms with Gasteiger partial charge in [0.1, 0.15) is 0 Å². The van der Waals surface area contributed by atoms with E-state index in [1.807, 2.05) is 29.9 Å². The number of nitrogens with zero attached hydrogens (tertiary/aromatic N) is 3. The van der Waals surface area contributed by atoms with E-state index in [1.165, 1.54) is 58.4 Å². The average molecular weight is 504 g/mol. The van der Waals surface area contributed by atoms with E-state index in [4.69, 9.17) is 0 Å². The lowest BCUT2D eigenvalue weighted by Crippen LogP contribution is -2.09. The molecule has 37 heavy (non-hydrogen) atoms. The van der Waals surface area contributed by atoms with Crippen molar-refractivity contribution < 1.29 is 0 Å². The van der Waals surface area contributed by atoms with E-state index in [0.29, 0.717) is 0 Å². The number of aromatic amines is 2. The Kier molecular flexibility index (Phi) is 5.62. The minimum absolute atomic E-state index is 0.720. The number of benzene rings is 1. The van der Waals surface area contributed by atoms with Gasteiger partial charge in [-0.3, -0.25) is 10.1 Å². The Bertz CT molecular complexity index is 1720. The third-order valence-electron chi connectivity index (χ3n) is 7.73. The maximum absolute atomic E-state index is 4.69. The van der Waals surface area contributed by atoms with Crippen molar-refractivity contribution in [3.63, 3.8) is 0 Å².